The molecule has 0 saturated carbocycles. The van der Waals surface area contributed by atoms with Crippen LogP contribution in [0.4, 0.5) is 5.69 Å². The number of hydrogen-bond donors (Lipinski definition) is 1. The molecule has 7 heteroatoms. The third-order valence-corrected chi connectivity index (χ3v) is 5.43. The minimum absolute atomic E-state index is 0.450. The van der Waals surface area contributed by atoms with Crippen LogP contribution in [-0.4, -0.2) is 31.6 Å². The van der Waals surface area contributed by atoms with Crippen LogP contribution < -0.4 is 5.43 Å². The van der Waals surface area contributed by atoms with Crippen molar-refractivity contribution in [2.75, 3.05) is 0 Å². The summed E-state index contributed by atoms with van der Waals surface area (Å²) in [6.45, 7) is 2.08. The van der Waals surface area contributed by atoms with Crippen molar-refractivity contribution < 1.29 is 0 Å². The van der Waals surface area contributed by atoms with Crippen LogP contribution in [-0.2, 0) is 5.75 Å². The molecule has 6 nitrogen and oxygen atoms in total. The van der Waals surface area contributed by atoms with Crippen LogP contribution in [0.15, 0.2) is 64.8 Å². The number of pyridine rings is 1. The number of nitrogens with one attached hydrogen (secondary N) is 1. The lowest BCUT2D eigenvalue weighted by Crippen LogP contribution is -2.45. The lowest BCUT2D eigenvalue weighted by atomic mass is 10.1. The van der Waals surface area contributed by atoms with Crippen LogP contribution >= 0.6 is 11.8 Å². The Bertz CT molecular complexity index is 990. The van der Waals surface area contributed by atoms with E-state index in [0.29, 0.717) is 0 Å². The molecule has 0 saturated heterocycles. The molecule has 2 aliphatic heterocycles. The second kappa shape index (κ2) is 5.44. The number of fused-ring (bicyclic) bond motifs is 4. The lowest BCUT2D eigenvalue weighted by Gasteiger charge is -2.24. The molecular weight excluding hydrogens is 332 g/mol. The van der Waals surface area contributed by atoms with Crippen molar-refractivity contribution in [2.24, 2.45) is 9.98 Å². The molecule has 2 aromatic heterocycles. The topological polar surface area (TPSA) is 57.3 Å². The summed E-state index contributed by atoms with van der Waals surface area (Å²) in [6, 6.07) is 14.1. The summed E-state index contributed by atoms with van der Waals surface area (Å²) < 4.78 is 2.04. The number of hydrogen-bond acceptors (Lipinski definition) is 6. The van der Waals surface area contributed by atoms with Gasteiger partial charge in [-0.15, -0.1) is 11.8 Å². The predicted molar refractivity (Wildman–Crippen MR) is 101 cm³/mol. The molecule has 0 radical (unpaired) electrons. The highest BCUT2D eigenvalue weighted by molar-refractivity contribution is 7.99. The molecule has 2 aliphatic rings. The summed E-state index contributed by atoms with van der Waals surface area (Å²) in [4.78, 5) is 13.6. The average Bonchev–Trinajstić information content (AvgIpc) is 3.20. The standard InChI is InChI=1S/C18H16N6S/c1-18(25-11-13-10-23-9-5-4-8-16(23)20-13)21-17-14-6-2-3-7-15(14)19-12-24(17)22-18/h2-10,12,22H,11H2,1H3. The van der Waals surface area contributed by atoms with Gasteiger partial charge in [-0.1, -0.05) is 18.2 Å². The quantitative estimate of drug-likeness (QED) is 0.790. The fourth-order valence-corrected chi connectivity index (χ4v) is 3.94. The van der Waals surface area contributed by atoms with E-state index in [1.54, 1.807) is 18.1 Å². The molecule has 1 aromatic carbocycles. The number of benzene rings is 1. The van der Waals surface area contributed by atoms with E-state index < -0.39 is 4.99 Å². The van der Waals surface area contributed by atoms with Crippen LogP contribution in [0.2, 0.25) is 0 Å². The summed E-state index contributed by atoms with van der Waals surface area (Å²) in [5.41, 5.74) is 7.43. The number of thioether (sulfide) groups is 1. The van der Waals surface area contributed by atoms with Crippen LogP contribution in [0.3, 0.4) is 0 Å². The van der Waals surface area contributed by atoms with Crippen LogP contribution in [0, 0.1) is 0 Å². The van der Waals surface area contributed by atoms with E-state index in [1.807, 2.05) is 52.0 Å². The molecule has 124 valence electrons. The fourth-order valence-electron chi connectivity index (χ4n) is 3.06. The monoisotopic (exact) mass is 348 g/mol. The smallest absolute Gasteiger partial charge is 0.174 e. The second-order valence-electron chi connectivity index (χ2n) is 6.15. The zero-order chi connectivity index (χ0) is 16.9. The minimum Gasteiger partial charge on any atom is -0.307 e. The first-order valence-electron chi connectivity index (χ1n) is 8.07. The summed E-state index contributed by atoms with van der Waals surface area (Å²) in [7, 11) is 0. The average molecular weight is 348 g/mol. The first kappa shape index (κ1) is 14.7. The van der Waals surface area contributed by atoms with E-state index in [-0.39, 0.29) is 0 Å². The number of imidazole rings is 1. The van der Waals surface area contributed by atoms with Gasteiger partial charge in [0.25, 0.3) is 0 Å². The molecule has 3 aromatic rings. The van der Waals surface area contributed by atoms with Crippen molar-refractivity contribution in [1.82, 2.24) is 19.8 Å². The zero-order valence-corrected chi connectivity index (χ0v) is 14.4. The molecule has 0 amide bonds. The maximum Gasteiger partial charge on any atom is 0.174 e. The summed E-state index contributed by atoms with van der Waals surface area (Å²) in [6.07, 6.45) is 5.87. The number of aliphatic imine (C=N–C) groups is 2. The van der Waals surface area contributed by atoms with Gasteiger partial charge in [0.1, 0.15) is 12.0 Å². The molecule has 1 atom stereocenters. The van der Waals surface area contributed by atoms with E-state index in [1.165, 1.54) is 0 Å². The Labute approximate surface area is 149 Å². The molecule has 5 rings (SSSR count). The number of nitrogens with zero attached hydrogens (tertiary/aromatic N) is 5. The van der Waals surface area contributed by atoms with E-state index in [9.17, 15) is 0 Å². The third kappa shape index (κ3) is 2.52. The predicted octanol–water partition coefficient (Wildman–Crippen LogP) is 3.18. The number of amidine groups is 1. The van der Waals surface area contributed by atoms with Gasteiger partial charge in [-0.25, -0.2) is 20.0 Å². The number of rotatable bonds is 3. The minimum atomic E-state index is -0.450. The zero-order valence-electron chi connectivity index (χ0n) is 13.6. The number of aromatic nitrogens is 2. The molecule has 1 unspecified atom stereocenters. The van der Waals surface area contributed by atoms with Crippen LogP contribution in [0.1, 0.15) is 18.2 Å². The van der Waals surface area contributed by atoms with Gasteiger partial charge in [0, 0.05) is 23.7 Å². The van der Waals surface area contributed by atoms with Crippen molar-refractivity contribution in [3.8, 4) is 0 Å². The molecule has 4 heterocycles. The van der Waals surface area contributed by atoms with E-state index in [2.05, 4.69) is 34.6 Å². The molecule has 0 spiro atoms. The van der Waals surface area contributed by atoms with Crippen molar-refractivity contribution in [2.45, 2.75) is 17.7 Å². The summed E-state index contributed by atoms with van der Waals surface area (Å²) in [5, 5.41) is 1.90. The maximum absolute atomic E-state index is 4.92. The van der Waals surface area contributed by atoms with Crippen molar-refractivity contribution in [1.29, 1.82) is 0 Å². The Morgan fingerprint density at radius 3 is 2.96 bits per heavy atom. The molecule has 1 N–H and O–H groups in total. The van der Waals surface area contributed by atoms with Gasteiger partial charge in [-0.05, 0) is 31.2 Å². The lowest BCUT2D eigenvalue weighted by molar-refractivity contribution is 0.408. The Hall–Kier alpha value is -2.64. The third-order valence-electron chi connectivity index (χ3n) is 4.25. The van der Waals surface area contributed by atoms with Gasteiger partial charge in [0.2, 0.25) is 0 Å². The molecular formula is C18H16N6S. The normalized spacial score (nSPS) is 21.3. The Kier molecular flexibility index (Phi) is 3.19. The van der Waals surface area contributed by atoms with Crippen molar-refractivity contribution in [3.63, 3.8) is 0 Å². The second-order valence-corrected chi connectivity index (χ2v) is 7.52. The summed E-state index contributed by atoms with van der Waals surface area (Å²) >= 11 is 1.72. The maximum atomic E-state index is 4.92. The highest BCUT2D eigenvalue weighted by Gasteiger charge is 2.37. The van der Waals surface area contributed by atoms with E-state index in [4.69, 9.17) is 4.99 Å². The van der Waals surface area contributed by atoms with Gasteiger partial charge in [0.05, 0.1) is 11.4 Å². The van der Waals surface area contributed by atoms with E-state index >= 15 is 0 Å². The van der Waals surface area contributed by atoms with Gasteiger partial charge >= 0.3 is 0 Å². The van der Waals surface area contributed by atoms with Gasteiger partial charge in [0.15, 0.2) is 10.8 Å². The summed E-state index contributed by atoms with van der Waals surface area (Å²) in [5.74, 6) is 1.69. The first-order valence-corrected chi connectivity index (χ1v) is 9.06. The highest BCUT2D eigenvalue weighted by atomic mass is 32.2. The first-order chi connectivity index (χ1) is 12.2. The van der Waals surface area contributed by atoms with Gasteiger partial charge in [-0.2, -0.15) is 5.43 Å². The molecule has 0 aliphatic carbocycles. The number of hydrazine groups is 1. The highest BCUT2D eigenvalue weighted by Crippen LogP contribution is 2.35. The SMILES string of the molecule is CC1(SCc2cn3ccccc3n2)N=C2c3ccccc3N=CN2N1. The van der Waals surface area contributed by atoms with Crippen LogP contribution in [0.25, 0.3) is 5.65 Å². The van der Waals surface area contributed by atoms with Crippen molar-refractivity contribution >= 4 is 35.3 Å². The Morgan fingerprint density at radius 1 is 1.16 bits per heavy atom. The van der Waals surface area contributed by atoms with Crippen molar-refractivity contribution in [3.05, 3.63) is 66.1 Å². The Balaban J connectivity index is 1.40. The molecule has 0 bridgehead atoms. The Morgan fingerprint density at radius 2 is 2.04 bits per heavy atom. The van der Waals surface area contributed by atoms with Gasteiger partial charge < -0.3 is 4.40 Å². The largest absolute Gasteiger partial charge is 0.307 e. The van der Waals surface area contributed by atoms with Crippen LogP contribution in [0.5, 0.6) is 0 Å². The van der Waals surface area contributed by atoms with E-state index in [0.717, 1.165) is 34.2 Å². The van der Waals surface area contributed by atoms with Gasteiger partial charge in [-0.3, -0.25) is 0 Å². The molecule has 25 heavy (non-hydrogen) atoms. The molecule has 0 fully saturated rings. The fraction of sp³-hybridized carbons (Fsp3) is 0.167. The number of para-hydroxylation sites is 1.